The van der Waals surface area contributed by atoms with Crippen molar-refractivity contribution < 1.29 is 4.79 Å². The maximum absolute atomic E-state index is 12.1. The molecule has 3 N–H and O–H groups in total. The second-order valence-corrected chi connectivity index (χ2v) is 7.55. The lowest BCUT2D eigenvalue weighted by molar-refractivity contribution is -0.111. The summed E-state index contributed by atoms with van der Waals surface area (Å²) in [5, 5.41) is 18.2. The number of halogens is 1. The smallest absolute Gasteiger partial charge is 0.248 e. The molecule has 28 heavy (non-hydrogen) atoms. The number of anilines is 3. The van der Waals surface area contributed by atoms with E-state index in [-0.39, 0.29) is 5.91 Å². The maximum Gasteiger partial charge on any atom is 0.248 e. The number of rotatable bonds is 4. The highest BCUT2D eigenvalue weighted by molar-refractivity contribution is 7.14. The Kier molecular flexibility index (Phi) is 5.14. The zero-order valence-electron chi connectivity index (χ0n) is 14.8. The third-order valence-corrected chi connectivity index (χ3v) is 5.42. The van der Waals surface area contributed by atoms with Gasteiger partial charge in [0.15, 0.2) is 0 Å². The average molecular weight is 409 g/mol. The van der Waals surface area contributed by atoms with Crippen molar-refractivity contribution in [3.05, 3.63) is 82.2 Å². The van der Waals surface area contributed by atoms with Gasteiger partial charge < -0.3 is 15.5 Å². The van der Waals surface area contributed by atoms with Crippen LogP contribution in [0.25, 0.3) is 6.08 Å². The van der Waals surface area contributed by atoms with Gasteiger partial charge in [0.1, 0.15) is 10.8 Å². The predicted molar refractivity (Wildman–Crippen MR) is 118 cm³/mol. The van der Waals surface area contributed by atoms with E-state index in [9.17, 15) is 4.79 Å². The predicted octanol–water partition coefficient (Wildman–Crippen LogP) is 5.27. The van der Waals surface area contributed by atoms with Gasteiger partial charge in [0.05, 0.1) is 12.2 Å². The second-order valence-electron chi connectivity index (χ2n) is 6.20. The Bertz CT molecular complexity index is 1060. The van der Waals surface area contributed by atoms with Crippen molar-refractivity contribution in [2.75, 3.05) is 22.2 Å². The van der Waals surface area contributed by atoms with Crippen molar-refractivity contribution in [3.8, 4) is 0 Å². The summed E-state index contributed by atoms with van der Waals surface area (Å²) < 4.78 is 0. The molecule has 0 spiro atoms. The summed E-state index contributed by atoms with van der Waals surface area (Å²) in [5.74, 6) is 0.249. The molecular weight excluding hydrogens is 392 g/mol. The van der Waals surface area contributed by atoms with Crippen molar-refractivity contribution >= 4 is 57.1 Å². The normalized spacial score (nSPS) is 13.3. The maximum atomic E-state index is 12.1. The lowest BCUT2D eigenvalue weighted by Crippen LogP contribution is -2.39. The van der Waals surface area contributed by atoms with Crippen LogP contribution in [0.1, 0.15) is 11.1 Å². The van der Waals surface area contributed by atoms with E-state index in [0.717, 1.165) is 21.8 Å². The molecule has 0 radical (unpaired) electrons. The van der Waals surface area contributed by atoms with Crippen molar-refractivity contribution in [1.29, 1.82) is 5.41 Å². The number of thiophene rings is 1. The molecule has 1 aliphatic heterocycles. The average Bonchev–Trinajstić information content (AvgIpc) is 3.17. The lowest BCUT2D eigenvalue weighted by atomic mass is 10.2. The molecule has 0 fully saturated rings. The standard InChI is InChI=1S/C21H17ClN4OS/c22-15-3-1-2-14(12-15)4-9-19(27)25-16-5-7-17(8-6-16)26-13-24-21-18(20(26)23)10-11-28-21/h1-12,23-24H,13H2,(H,25,27)/b9-4+,23-20?. The number of nitrogens with one attached hydrogen (secondary N) is 3. The van der Waals surface area contributed by atoms with Gasteiger partial charge in [0, 0.05) is 22.5 Å². The van der Waals surface area contributed by atoms with Gasteiger partial charge in [-0.3, -0.25) is 10.2 Å². The molecule has 1 aromatic heterocycles. The van der Waals surface area contributed by atoms with Crippen LogP contribution in [0.2, 0.25) is 5.02 Å². The number of amidine groups is 1. The molecule has 0 unspecified atom stereocenters. The quantitative estimate of drug-likeness (QED) is 0.515. The molecular formula is C21H17ClN4OS. The number of amides is 1. The third kappa shape index (κ3) is 3.93. The molecule has 1 amide bonds. The Morgan fingerprint density at radius 1 is 1.21 bits per heavy atom. The molecule has 7 heteroatoms. The minimum Gasteiger partial charge on any atom is -0.359 e. The number of fused-ring (bicyclic) bond motifs is 1. The molecule has 140 valence electrons. The number of benzene rings is 2. The molecule has 2 heterocycles. The molecule has 0 saturated heterocycles. The van der Waals surface area contributed by atoms with E-state index in [1.807, 2.05) is 52.7 Å². The van der Waals surface area contributed by atoms with Gasteiger partial charge in [-0.05, 0) is 59.5 Å². The minimum absolute atomic E-state index is 0.219. The lowest BCUT2D eigenvalue weighted by Gasteiger charge is -2.30. The van der Waals surface area contributed by atoms with Crippen LogP contribution >= 0.6 is 22.9 Å². The molecule has 5 nitrogen and oxygen atoms in total. The first-order valence-corrected chi connectivity index (χ1v) is 9.88. The summed E-state index contributed by atoms with van der Waals surface area (Å²) >= 11 is 7.54. The fourth-order valence-corrected chi connectivity index (χ4v) is 3.90. The van der Waals surface area contributed by atoms with E-state index >= 15 is 0 Å². The second kappa shape index (κ2) is 7.88. The van der Waals surface area contributed by atoms with Crippen LogP contribution in [0.3, 0.4) is 0 Å². The fourth-order valence-electron chi connectivity index (χ4n) is 2.92. The van der Waals surface area contributed by atoms with Crippen LogP contribution in [-0.4, -0.2) is 18.4 Å². The van der Waals surface area contributed by atoms with E-state index in [1.165, 1.54) is 6.08 Å². The molecule has 0 bridgehead atoms. The summed E-state index contributed by atoms with van der Waals surface area (Å²) in [6.07, 6.45) is 3.19. The highest BCUT2D eigenvalue weighted by Gasteiger charge is 2.22. The Balaban J connectivity index is 1.41. The van der Waals surface area contributed by atoms with E-state index < -0.39 is 0 Å². The fraction of sp³-hybridized carbons (Fsp3) is 0.0476. The number of hydrogen-bond donors (Lipinski definition) is 3. The Labute approximate surface area is 171 Å². The van der Waals surface area contributed by atoms with Crippen LogP contribution in [0.4, 0.5) is 16.4 Å². The molecule has 3 aromatic rings. The van der Waals surface area contributed by atoms with Crippen molar-refractivity contribution in [2.45, 2.75) is 0 Å². The van der Waals surface area contributed by atoms with Gasteiger partial charge in [-0.1, -0.05) is 23.7 Å². The van der Waals surface area contributed by atoms with E-state index in [1.54, 1.807) is 29.5 Å². The highest BCUT2D eigenvalue weighted by Crippen LogP contribution is 2.30. The van der Waals surface area contributed by atoms with Gasteiger partial charge in [-0.2, -0.15) is 0 Å². The van der Waals surface area contributed by atoms with Gasteiger partial charge in [-0.25, -0.2) is 0 Å². The third-order valence-electron chi connectivity index (χ3n) is 4.31. The van der Waals surface area contributed by atoms with Crippen LogP contribution in [0, 0.1) is 5.41 Å². The monoisotopic (exact) mass is 408 g/mol. The highest BCUT2D eigenvalue weighted by atomic mass is 35.5. The molecule has 0 atom stereocenters. The Morgan fingerprint density at radius 3 is 2.82 bits per heavy atom. The van der Waals surface area contributed by atoms with E-state index in [2.05, 4.69) is 10.6 Å². The molecule has 4 rings (SSSR count). The van der Waals surface area contributed by atoms with Crippen LogP contribution < -0.4 is 15.5 Å². The van der Waals surface area contributed by atoms with Crippen LogP contribution in [0.15, 0.2) is 66.1 Å². The largest absolute Gasteiger partial charge is 0.359 e. The van der Waals surface area contributed by atoms with Crippen molar-refractivity contribution in [1.82, 2.24) is 0 Å². The summed E-state index contributed by atoms with van der Waals surface area (Å²) in [5.41, 5.74) is 3.35. The number of hydrogen-bond acceptors (Lipinski definition) is 4. The zero-order chi connectivity index (χ0) is 19.5. The number of carbonyl (C=O) groups is 1. The SMILES string of the molecule is N=C1c2ccsc2NCN1c1ccc(NC(=O)/C=C/c2cccc(Cl)c2)cc1. The first kappa shape index (κ1) is 18.3. The van der Waals surface area contributed by atoms with E-state index in [0.29, 0.717) is 23.2 Å². The number of carbonyl (C=O) groups excluding carboxylic acids is 1. The minimum atomic E-state index is -0.219. The molecule has 0 saturated carbocycles. The summed E-state index contributed by atoms with van der Waals surface area (Å²) in [7, 11) is 0. The summed E-state index contributed by atoms with van der Waals surface area (Å²) in [6, 6.07) is 16.7. The molecule has 2 aromatic carbocycles. The van der Waals surface area contributed by atoms with E-state index in [4.69, 9.17) is 17.0 Å². The van der Waals surface area contributed by atoms with Gasteiger partial charge in [-0.15, -0.1) is 11.3 Å². The number of nitrogens with zero attached hydrogens (tertiary/aromatic N) is 1. The first-order valence-electron chi connectivity index (χ1n) is 8.63. The first-order chi connectivity index (χ1) is 13.6. The Morgan fingerprint density at radius 2 is 2.04 bits per heavy atom. The molecule has 0 aliphatic carbocycles. The van der Waals surface area contributed by atoms with Crippen LogP contribution in [-0.2, 0) is 4.79 Å². The summed E-state index contributed by atoms with van der Waals surface area (Å²) in [6.45, 7) is 0.542. The van der Waals surface area contributed by atoms with Gasteiger partial charge >= 0.3 is 0 Å². The van der Waals surface area contributed by atoms with Crippen molar-refractivity contribution in [3.63, 3.8) is 0 Å². The van der Waals surface area contributed by atoms with Gasteiger partial charge in [0.25, 0.3) is 0 Å². The summed E-state index contributed by atoms with van der Waals surface area (Å²) in [4.78, 5) is 14.0. The molecule has 1 aliphatic rings. The zero-order valence-corrected chi connectivity index (χ0v) is 16.3. The van der Waals surface area contributed by atoms with Gasteiger partial charge in [0.2, 0.25) is 5.91 Å². The topological polar surface area (TPSA) is 68.2 Å². The Hall–Kier alpha value is -3.09. The van der Waals surface area contributed by atoms with Crippen LogP contribution in [0.5, 0.6) is 0 Å². The van der Waals surface area contributed by atoms with Crippen molar-refractivity contribution in [2.24, 2.45) is 0 Å².